The lowest BCUT2D eigenvalue weighted by Gasteiger charge is -2.23. The molecule has 0 bridgehead atoms. The number of rotatable bonds is 4. The van der Waals surface area contributed by atoms with Gasteiger partial charge in [0.05, 0.1) is 6.04 Å². The molecule has 8 heteroatoms. The van der Waals surface area contributed by atoms with E-state index in [0.717, 1.165) is 10.9 Å². The minimum Gasteiger partial charge on any atom is -0.359 e. The van der Waals surface area contributed by atoms with Crippen molar-refractivity contribution < 1.29 is 14.1 Å². The van der Waals surface area contributed by atoms with E-state index in [1.54, 1.807) is 24.3 Å². The topological polar surface area (TPSA) is 102 Å². The van der Waals surface area contributed by atoms with Crippen LogP contribution in [0.1, 0.15) is 45.3 Å². The molecule has 1 aromatic carbocycles. The zero-order chi connectivity index (χ0) is 20.7. The second kappa shape index (κ2) is 7.14. The zero-order valence-electron chi connectivity index (χ0n) is 16.3. The molecule has 0 saturated heterocycles. The van der Waals surface area contributed by atoms with Crippen molar-refractivity contribution in [1.29, 1.82) is 0 Å². The molecule has 0 saturated carbocycles. The van der Waals surface area contributed by atoms with Crippen molar-refractivity contribution in [3.05, 3.63) is 77.3 Å². The van der Waals surface area contributed by atoms with Crippen LogP contribution in [0, 0.1) is 0 Å². The number of anilines is 1. The highest BCUT2D eigenvalue weighted by molar-refractivity contribution is 6.04. The molecule has 0 radical (unpaired) electrons. The molecule has 0 aliphatic carbocycles. The van der Waals surface area contributed by atoms with Gasteiger partial charge in [0.1, 0.15) is 22.8 Å². The fraction of sp³-hybridized carbons (Fsp3) is 0.182. The average molecular weight is 401 g/mol. The summed E-state index contributed by atoms with van der Waals surface area (Å²) < 4.78 is 7.20. The van der Waals surface area contributed by atoms with Crippen LogP contribution in [0.15, 0.2) is 59.1 Å². The number of hydrogen-bond donors (Lipinski definition) is 2. The van der Waals surface area contributed by atoms with Crippen LogP contribution in [-0.2, 0) is 6.42 Å². The van der Waals surface area contributed by atoms with Crippen LogP contribution in [0.5, 0.6) is 0 Å². The summed E-state index contributed by atoms with van der Waals surface area (Å²) in [5.74, 6) is 0.462. The van der Waals surface area contributed by atoms with Crippen LogP contribution in [-0.4, -0.2) is 33.1 Å². The summed E-state index contributed by atoms with van der Waals surface area (Å²) in [6.45, 7) is 2.53. The zero-order valence-corrected chi connectivity index (χ0v) is 16.3. The minimum atomic E-state index is -0.389. The van der Waals surface area contributed by atoms with Crippen molar-refractivity contribution in [3.63, 3.8) is 0 Å². The molecule has 150 valence electrons. The van der Waals surface area contributed by atoms with Crippen LogP contribution in [0.4, 0.5) is 5.82 Å². The van der Waals surface area contributed by atoms with Gasteiger partial charge < -0.3 is 19.7 Å². The first-order chi connectivity index (χ1) is 14.6. The highest BCUT2D eigenvalue weighted by Gasteiger charge is 2.25. The Kier molecular flexibility index (Phi) is 4.31. The maximum absolute atomic E-state index is 12.7. The van der Waals surface area contributed by atoms with Crippen LogP contribution in [0.3, 0.4) is 0 Å². The third kappa shape index (κ3) is 3.22. The average Bonchev–Trinajstić information content (AvgIpc) is 3.36. The molecule has 3 aromatic heterocycles. The van der Waals surface area contributed by atoms with Crippen molar-refractivity contribution >= 4 is 28.7 Å². The molecule has 1 atom stereocenters. The van der Waals surface area contributed by atoms with Gasteiger partial charge in [-0.1, -0.05) is 35.5 Å². The molecule has 2 amide bonds. The van der Waals surface area contributed by atoms with Crippen molar-refractivity contribution in [3.8, 4) is 0 Å². The molecule has 4 heterocycles. The molecule has 0 spiro atoms. The Labute approximate surface area is 171 Å². The highest BCUT2D eigenvalue weighted by atomic mass is 16.5. The Morgan fingerprint density at radius 3 is 2.90 bits per heavy atom. The number of nitrogens with one attached hydrogen (secondary N) is 2. The molecule has 0 unspecified atom stereocenters. The summed E-state index contributed by atoms with van der Waals surface area (Å²) in [5.41, 5.74) is 2.50. The predicted molar refractivity (Wildman–Crippen MR) is 110 cm³/mol. The van der Waals surface area contributed by atoms with Gasteiger partial charge in [-0.25, -0.2) is 4.98 Å². The molecule has 1 aliphatic heterocycles. The molecule has 0 fully saturated rings. The Bertz CT molecular complexity index is 1260. The van der Waals surface area contributed by atoms with E-state index in [1.165, 1.54) is 0 Å². The van der Waals surface area contributed by atoms with Crippen LogP contribution in [0.25, 0.3) is 11.0 Å². The Morgan fingerprint density at radius 1 is 1.23 bits per heavy atom. The third-order valence-corrected chi connectivity index (χ3v) is 5.17. The molecule has 5 rings (SSSR count). The van der Waals surface area contributed by atoms with Gasteiger partial charge in [0.25, 0.3) is 11.8 Å². The van der Waals surface area contributed by atoms with Gasteiger partial charge in [0.2, 0.25) is 0 Å². The number of aromatic nitrogens is 3. The second-order valence-corrected chi connectivity index (χ2v) is 7.36. The van der Waals surface area contributed by atoms with Crippen LogP contribution in [0.2, 0.25) is 0 Å². The lowest BCUT2D eigenvalue weighted by Crippen LogP contribution is -2.37. The summed E-state index contributed by atoms with van der Waals surface area (Å²) >= 11 is 0. The van der Waals surface area contributed by atoms with E-state index >= 15 is 0 Å². The van der Waals surface area contributed by atoms with Gasteiger partial charge in [0, 0.05) is 24.4 Å². The number of carbonyl (C=O) groups is 2. The van der Waals surface area contributed by atoms with Crippen molar-refractivity contribution in [1.82, 2.24) is 20.0 Å². The van der Waals surface area contributed by atoms with Crippen molar-refractivity contribution in [2.75, 3.05) is 11.9 Å². The van der Waals surface area contributed by atoms with Crippen molar-refractivity contribution in [2.24, 2.45) is 0 Å². The standard InChI is InChI=1S/C22H19N5O3/c1-13-12-23-22(29)18-10-15-7-8-17(24-20(15)27(13)18)21(28)25-19-11-16(30-26-19)9-14-5-3-2-4-6-14/h2-8,10-11,13H,9,12H2,1H3,(H,23,29)(H,25,26,28)/t13-/m0/s1. The predicted octanol–water partition coefficient (Wildman–Crippen LogP) is 3.17. The quantitative estimate of drug-likeness (QED) is 0.547. The number of fused-ring (bicyclic) bond motifs is 3. The largest absolute Gasteiger partial charge is 0.359 e. The molecule has 2 N–H and O–H groups in total. The fourth-order valence-electron chi connectivity index (χ4n) is 3.70. The van der Waals surface area contributed by atoms with Gasteiger partial charge in [-0.3, -0.25) is 9.59 Å². The first-order valence-electron chi connectivity index (χ1n) is 9.69. The first-order valence-corrected chi connectivity index (χ1v) is 9.69. The van der Waals surface area contributed by atoms with E-state index in [2.05, 4.69) is 20.8 Å². The Hall–Kier alpha value is -3.94. The Morgan fingerprint density at radius 2 is 2.07 bits per heavy atom. The van der Waals surface area contributed by atoms with Crippen molar-refractivity contribution in [2.45, 2.75) is 19.4 Å². The van der Waals surface area contributed by atoms with Crippen LogP contribution >= 0.6 is 0 Å². The maximum atomic E-state index is 12.7. The lowest BCUT2D eigenvalue weighted by molar-refractivity contribution is 0.0918. The SMILES string of the molecule is C[C@H]1CNC(=O)c2cc3ccc(C(=O)Nc4cc(Cc5ccccc5)on4)nc3n21. The molecule has 30 heavy (non-hydrogen) atoms. The van der Waals surface area contributed by atoms with E-state index in [-0.39, 0.29) is 23.6 Å². The van der Waals surface area contributed by atoms with E-state index in [4.69, 9.17) is 4.52 Å². The summed E-state index contributed by atoms with van der Waals surface area (Å²) in [5, 5.41) is 10.3. The minimum absolute atomic E-state index is 0.0529. The number of hydrogen-bond acceptors (Lipinski definition) is 5. The van der Waals surface area contributed by atoms with Gasteiger partial charge >= 0.3 is 0 Å². The number of benzene rings is 1. The van der Waals surface area contributed by atoms with E-state index in [9.17, 15) is 9.59 Å². The summed E-state index contributed by atoms with van der Waals surface area (Å²) in [6, 6.07) is 16.9. The van der Waals surface area contributed by atoms with Gasteiger partial charge in [-0.2, -0.15) is 0 Å². The third-order valence-electron chi connectivity index (χ3n) is 5.17. The number of pyridine rings is 1. The molecule has 4 aromatic rings. The van der Waals surface area contributed by atoms with E-state index in [0.29, 0.717) is 35.9 Å². The normalized spacial score (nSPS) is 15.6. The smallest absolute Gasteiger partial charge is 0.275 e. The number of carbonyl (C=O) groups excluding carboxylic acids is 2. The lowest BCUT2D eigenvalue weighted by atomic mass is 10.1. The van der Waals surface area contributed by atoms with Gasteiger partial charge in [-0.15, -0.1) is 0 Å². The monoisotopic (exact) mass is 401 g/mol. The van der Waals surface area contributed by atoms with Crippen LogP contribution < -0.4 is 10.6 Å². The van der Waals surface area contributed by atoms with E-state index in [1.807, 2.05) is 41.8 Å². The second-order valence-electron chi connectivity index (χ2n) is 7.36. The number of nitrogens with zero attached hydrogens (tertiary/aromatic N) is 3. The summed E-state index contributed by atoms with van der Waals surface area (Å²) in [7, 11) is 0. The molecular formula is C22H19N5O3. The number of amides is 2. The first kappa shape index (κ1) is 18.1. The Balaban J connectivity index is 1.38. The molecule has 1 aliphatic rings. The maximum Gasteiger partial charge on any atom is 0.275 e. The molecule has 8 nitrogen and oxygen atoms in total. The van der Waals surface area contributed by atoms with E-state index < -0.39 is 0 Å². The highest BCUT2D eigenvalue weighted by Crippen LogP contribution is 2.25. The van der Waals surface area contributed by atoms with Gasteiger partial charge in [-0.05, 0) is 30.7 Å². The summed E-state index contributed by atoms with van der Waals surface area (Å²) in [6.07, 6.45) is 0.587. The fourth-order valence-corrected chi connectivity index (χ4v) is 3.70. The van der Waals surface area contributed by atoms with Gasteiger partial charge in [0.15, 0.2) is 5.82 Å². The summed E-state index contributed by atoms with van der Waals surface area (Å²) in [4.78, 5) is 29.4. The molecular weight excluding hydrogens is 382 g/mol.